The molecule has 0 unspecified atom stereocenters. The molecular weight excluding hydrogens is 2000 g/mol. The topological polar surface area (TPSA) is 358 Å². The molecule has 0 radical (unpaired) electrons. The predicted octanol–water partition coefficient (Wildman–Crippen LogP) is 22.9. The first-order chi connectivity index (χ1) is 72.6. The van der Waals surface area contributed by atoms with E-state index in [1.54, 1.807) is 125 Å². The van der Waals surface area contributed by atoms with Gasteiger partial charge in [-0.25, -0.2) is 13.2 Å². The Labute approximate surface area is 881 Å². The number of Topliss-reactive ketones (excluding diaryl/α,β-unsaturated/α-hetero) is 4. The van der Waals surface area contributed by atoms with E-state index in [0.717, 1.165) is 156 Å². The molecule has 1 aliphatic rings. The van der Waals surface area contributed by atoms with Gasteiger partial charge in [0.1, 0.15) is 57.6 Å². The highest BCUT2D eigenvalue weighted by molar-refractivity contribution is 7.23. The summed E-state index contributed by atoms with van der Waals surface area (Å²) in [6.07, 6.45) is 17.0. The van der Waals surface area contributed by atoms with Crippen LogP contribution in [0.25, 0.3) is 83.2 Å². The first kappa shape index (κ1) is 109. The van der Waals surface area contributed by atoms with Crippen LogP contribution in [0, 0.1) is 24.4 Å². The van der Waals surface area contributed by atoms with Gasteiger partial charge in [0.05, 0.1) is 147 Å². The zero-order valence-corrected chi connectivity index (χ0v) is 87.4. The molecule has 0 saturated heterocycles. The van der Waals surface area contributed by atoms with Crippen LogP contribution in [0.3, 0.4) is 0 Å². The number of carbonyl (C=O) groups is 4. The molecule has 1 aliphatic heterocycles. The van der Waals surface area contributed by atoms with E-state index in [9.17, 15) is 28.0 Å². The lowest BCUT2D eigenvalue weighted by Gasteiger charge is -2.09. The molecule has 770 valence electrons. The van der Waals surface area contributed by atoms with Crippen molar-refractivity contribution in [2.75, 3.05) is 93.1 Å². The van der Waals surface area contributed by atoms with Gasteiger partial charge < -0.3 is 69.4 Å². The van der Waals surface area contributed by atoms with Crippen molar-refractivity contribution >= 4 is 127 Å². The quantitative estimate of drug-likeness (QED) is 0.0221. The van der Waals surface area contributed by atoms with Crippen molar-refractivity contribution in [2.24, 2.45) is 10.7 Å². The number of methoxy groups -OCH3 is 2. The first-order valence-corrected chi connectivity index (χ1v) is 52.3. The maximum atomic E-state index is 15.0. The third-order valence-electron chi connectivity index (χ3n) is 22.9. The Morgan fingerprint density at radius 3 is 1.29 bits per heavy atom. The van der Waals surface area contributed by atoms with Crippen molar-refractivity contribution in [1.82, 2.24) is 66.3 Å². The lowest BCUT2D eigenvalue weighted by Crippen LogP contribution is -2.20. The van der Waals surface area contributed by atoms with E-state index in [0.29, 0.717) is 147 Å². The fraction of sp³-hybridized carbons (Fsp3) is 0.274. The van der Waals surface area contributed by atoms with Crippen molar-refractivity contribution in [3.63, 3.8) is 0 Å². The minimum absolute atomic E-state index is 0.0199. The van der Waals surface area contributed by atoms with E-state index in [-0.39, 0.29) is 72.5 Å². The number of benzene rings is 4. The molecule has 0 spiro atoms. The van der Waals surface area contributed by atoms with Crippen molar-refractivity contribution in [3.8, 4) is 88.3 Å². The predicted molar refractivity (Wildman–Crippen MR) is 580 cm³/mol. The fourth-order valence-electron chi connectivity index (χ4n) is 15.5. The SMILES string of the molecule is CCCNCc1ccc(-c2cc3nccc(Oc4ccc(CC(=O)CC)cc4F)c3s2)nc1.COCCNCc1ccc(-c2cc3nccc(Oc4ccc(CC(=O)CC5=NCC(C)=C5)c(Cl)c4)c3s2)nc1.COCCNCc1cccc(-c2cc3nccc(Oc4ccc(CC(C)=O)cc4F)c3s2)n1.Cc1cc(CC(=O)Cc2ccc(Oc3ccnc4cc(-c5ccc(CNCCOCCOCCN)cn5)sc34)c(F)c2)no1. The standard InChI is InChI=1S/C32H34FN5O5S.C30H29ClN4O3S.C26H26FN3O2S.C25H24FN3O3S/c1-21-14-24(38-43-21)17-25(39)15-22-3-5-29(26(33)16-22)42-30-6-8-36-28-18-31(44-32(28)30)27-4-2-23(20-37-27)19-35-9-11-41-13-12-40-10-7-34;1-19-11-22(34-16-19)13-23(36)12-21-4-5-24(14-25(21)31)38-28-7-8-33-27-15-29(39-30(27)28)26-6-3-20(18-35-26)17-32-9-10-37-2;1-3-10-28-15-18-5-7-21(30-16-18)25-14-22-26(33-25)24(9-11-29-22)32-23-8-6-17(13-20(23)27)12-19(31)4-2;1-16(30)12-17-6-7-22(19(26)13-17)32-23-8-9-28-21-14-24(33-25(21)23)20-5-3-4-18(29-20)15-27-10-11-31-2/h2-6,8,14,16,18,20,35H,7,9-13,15,17,19,34H2,1H3;3-8,11,14-15,18,32H,9-10,12-13,16-17H2,1-2H3;5-9,11,13-14,16,28H,3-4,10,12,15H2,1-2H3;3-9,13-14,27H,10-12,15H2,1-2H3. The van der Waals surface area contributed by atoms with Crippen LogP contribution in [0.1, 0.15) is 103 Å². The molecule has 0 atom stereocenters. The minimum Gasteiger partial charge on any atom is -0.456 e. The number of nitrogens with one attached hydrogen (secondary N) is 4. The molecule has 14 heterocycles. The van der Waals surface area contributed by atoms with Gasteiger partial charge in [0.15, 0.2) is 34.7 Å². The fourth-order valence-corrected chi connectivity index (χ4v) is 19.9. The van der Waals surface area contributed by atoms with Gasteiger partial charge >= 0.3 is 0 Å². The number of aliphatic imine (C=N–C) groups is 1. The Bertz CT molecular complexity index is 7490. The third-order valence-corrected chi connectivity index (χ3v) is 27.9. The molecule has 0 fully saturated rings. The van der Waals surface area contributed by atoms with Crippen LogP contribution < -0.4 is 45.9 Å². The number of ether oxygens (including phenoxy) is 8. The van der Waals surface area contributed by atoms with Crippen LogP contribution in [-0.4, -0.2) is 167 Å². The summed E-state index contributed by atoms with van der Waals surface area (Å²) in [5.41, 5.74) is 21.3. The Balaban J connectivity index is 0.000000150. The highest BCUT2D eigenvalue weighted by Gasteiger charge is 2.23. The Kier molecular flexibility index (Phi) is 40.7. The van der Waals surface area contributed by atoms with Crippen molar-refractivity contribution in [3.05, 3.63) is 316 Å². The molecule has 0 amide bonds. The zero-order chi connectivity index (χ0) is 104. The van der Waals surface area contributed by atoms with E-state index in [4.69, 9.17) is 64.7 Å². The van der Waals surface area contributed by atoms with Crippen molar-refractivity contribution in [2.45, 2.75) is 112 Å². The number of fused-ring (bicyclic) bond motifs is 4. The number of nitrogens with zero attached hydrogens (tertiary/aromatic N) is 10. The lowest BCUT2D eigenvalue weighted by atomic mass is 10.0. The molecule has 4 aromatic carbocycles. The van der Waals surface area contributed by atoms with E-state index in [2.05, 4.69) is 85.4 Å². The summed E-state index contributed by atoms with van der Waals surface area (Å²) < 4.78 is 97.5. The third kappa shape index (κ3) is 32.1. The number of aromatic nitrogens is 9. The normalized spacial score (nSPS) is 11.7. The molecule has 17 aromatic rings. The van der Waals surface area contributed by atoms with E-state index < -0.39 is 17.5 Å². The van der Waals surface area contributed by atoms with Crippen LogP contribution >= 0.6 is 56.9 Å². The van der Waals surface area contributed by atoms with Crippen molar-refractivity contribution in [1.29, 1.82) is 0 Å². The summed E-state index contributed by atoms with van der Waals surface area (Å²) in [6.45, 7) is 20.0. The average Bonchev–Trinajstić information content (AvgIpc) is 1.67. The van der Waals surface area contributed by atoms with Crippen LogP contribution in [0.5, 0.6) is 46.0 Å². The zero-order valence-electron chi connectivity index (χ0n) is 83.4. The van der Waals surface area contributed by atoms with Crippen LogP contribution in [-0.2, 0) is 96.4 Å². The van der Waals surface area contributed by atoms with Gasteiger partial charge in [0, 0.05) is 190 Å². The van der Waals surface area contributed by atoms with E-state index in [1.807, 2.05) is 117 Å². The van der Waals surface area contributed by atoms with E-state index in [1.165, 1.54) is 70.8 Å². The van der Waals surface area contributed by atoms with E-state index >= 15 is 4.39 Å². The maximum Gasteiger partial charge on any atom is 0.166 e. The molecule has 28 nitrogen and oxygen atoms in total. The molecule has 0 bridgehead atoms. The Morgan fingerprint density at radius 2 is 0.866 bits per heavy atom. The van der Waals surface area contributed by atoms with Gasteiger partial charge in [-0.05, 0) is 182 Å². The maximum absolute atomic E-state index is 15.0. The average molecular weight is 2110 g/mol. The largest absolute Gasteiger partial charge is 0.456 e. The van der Waals surface area contributed by atoms with Crippen LogP contribution in [0.15, 0.2) is 247 Å². The minimum atomic E-state index is -0.553. The first-order valence-electron chi connectivity index (χ1n) is 48.6. The molecule has 0 aliphatic carbocycles. The highest BCUT2D eigenvalue weighted by Crippen LogP contribution is 2.45. The monoisotopic (exact) mass is 2110 g/mol. The second-order valence-corrected chi connectivity index (χ2v) is 39.4. The summed E-state index contributed by atoms with van der Waals surface area (Å²) in [5, 5.41) is 17.7. The number of ketones is 4. The number of thiophene rings is 4. The summed E-state index contributed by atoms with van der Waals surface area (Å²) in [4.78, 5) is 92.6. The lowest BCUT2D eigenvalue weighted by molar-refractivity contribution is -0.118. The summed E-state index contributed by atoms with van der Waals surface area (Å²) >= 11 is 12.6. The highest BCUT2D eigenvalue weighted by atomic mass is 35.5. The second kappa shape index (κ2) is 55.4. The van der Waals surface area contributed by atoms with Crippen molar-refractivity contribution < 1.29 is 74.8 Å². The summed E-state index contributed by atoms with van der Waals surface area (Å²) in [7, 11) is 3.36. The summed E-state index contributed by atoms with van der Waals surface area (Å²) in [5.74, 6) is 2.26. The van der Waals surface area contributed by atoms with Gasteiger partial charge in [0.2, 0.25) is 0 Å². The summed E-state index contributed by atoms with van der Waals surface area (Å²) in [6, 6.07) is 53.9. The number of aryl methyl sites for hydroxylation is 1. The molecule has 6 N–H and O–H groups in total. The number of pyridine rings is 8. The van der Waals surface area contributed by atoms with Gasteiger partial charge in [-0.3, -0.25) is 64.0 Å². The van der Waals surface area contributed by atoms with Gasteiger partial charge in [-0.1, -0.05) is 84.7 Å². The number of allylic oxidation sites excluding steroid dienone is 1. The van der Waals surface area contributed by atoms with Crippen LogP contribution in [0.4, 0.5) is 13.2 Å². The second-order valence-electron chi connectivity index (χ2n) is 34.8. The van der Waals surface area contributed by atoms with Gasteiger partial charge in [0.25, 0.3) is 0 Å². The number of rotatable bonds is 49. The molecule has 18 rings (SSSR count). The smallest absolute Gasteiger partial charge is 0.166 e. The Morgan fingerprint density at radius 1 is 0.423 bits per heavy atom. The number of nitrogens with two attached hydrogens (primary N) is 1. The number of halogens is 4. The molecule has 0 saturated carbocycles. The molecule has 13 aromatic heterocycles. The Hall–Kier alpha value is -13.9. The van der Waals surface area contributed by atoms with Gasteiger partial charge in [-0.2, -0.15) is 0 Å². The molecule has 149 heavy (non-hydrogen) atoms. The number of hydrogen-bond donors (Lipinski definition) is 5. The van der Waals surface area contributed by atoms with Gasteiger partial charge in [-0.15, -0.1) is 45.3 Å². The number of carbonyl (C=O) groups excluding carboxylic acids is 4. The molecular formula is C113H113ClF3N15O13S4. The molecule has 36 heteroatoms. The number of hydrogen-bond acceptors (Lipinski definition) is 32. The van der Waals surface area contributed by atoms with Crippen LogP contribution in [0.2, 0.25) is 5.02 Å².